The van der Waals surface area contributed by atoms with E-state index in [0.717, 1.165) is 17.8 Å². The smallest absolute Gasteiger partial charge is 0.251 e. The number of benzene rings is 3. The van der Waals surface area contributed by atoms with E-state index < -0.39 is 0 Å². The molecule has 1 amide bonds. The number of hydrogen-bond acceptors (Lipinski definition) is 5. The number of carbonyl (C=O) groups is 1. The molecular weight excluding hydrogens is 419 g/mol. The standard InChI is InChI=1S/C26H21FN4O2/c1-2-33-26-21-12-9-18(14-23(21)30-24(31-26)16-7-10-19(27)11-8-16)25(32)28-15-20-13-17-5-3-4-6-22(17)29-20/h3-12,14H,2,13,15H2,1H3,(H,28,32). The highest BCUT2D eigenvalue weighted by Crippen LogP contribution is 2.28. The van der Waals surface area contributed by atoms with Gasteiger partial charge in [0, 0.05) is 23.3 Å². The van der Waals surface area contributed by atoms with Crippen LogP contribution in [-0.4, -0.2) is 34.7 Å². The zero-order valence-corrected chi connectivity index (χ0v) is 18.0. The first-order chi connectivity index (χ1) is 16.1. The van der Waals surface area contributed by atoms with Crippen molar-refractivity contribution in [2.45, 2.75) is 13.3 Å². The van der Waals surface area contributed by atoms with Crippen LogP contribution in [0.15, 0.2) is 71.7 Å². The Bertz CT molecular complexity index is 1380. The normalized spacial score (nSPS) is 12.4. The van der Waals surface area contributed by atoms with Gasteiger partial charge in [-0.05, 0) is 61.0 Å². The molecule has 0 fully saturated rings. The Morgan fingerprint density at radius 1 is 1.06 bits per heavy atom. The molecule has 0 aliphatic carbocycles. The molecule has 1 aliphatic rings. The number of para-hydroxylation sites is 1. The summed E-state index contributed by atoms with van der Waals surface area (Å²) < 4.78 is 19.1. The Labute approximate surface area is 190 Å². The second-order valence-electron chi connectivity index (χ2n) is 7.69. The lowest BCUT2D eigenvalue weighted by atomic mass is 10.1. The minimum Gasteiger partial charge on any atom is -0.477 e. The molecule has 1 aromatic heterocycles. The number of halogens is 1. The summed E-state index contributed by atoms with van der Waals surface area (Å²) in [6.45, 7) is 2.68. The predicted molar refractivity (Wildman–Crippen MR) is 126 cm³/mol. The van der Waals surface area contributed by atoms with E-state index in [1.165, 1.54) is 17.7 Å². The molecule has 3 aromatic carbocycles. The van der Waals surface area contributed by atoms with Gasteiger partial charge in [-0.2, -0.15) is 4.98 Å². The molecular formula is C26H21FN4O2. The number of aromatic nitrogens is 2. The lowest BCUT2D eigenvalue weighted by molar-refractivity contribution is 0.0959. The van der Waals surface area contributed by atoms with Crippen LogP contribution < -0.4 is 10.1 Å². The lowest BCUT2D eigenvalue weighted by Gasteiger charge is -2.11. The number of amides is 1. The Morgan fingerprint density at radius 2 is 1.88 bits per heavy atom. The Kier molecular flexibility index (Phi) is 5.52. The number of hydrogen-bond donors (Lipinski definition) is 1. The molecule has 1 aliphatic heterocycles. The predicted octanol–water partition coefficient (Wildman–Crippen LogP) is 4.89. The quantitative estimate of drug-likeness (QED) is 0.463. The summed E-state index contributed by atoms with van der Waals surface area (Å²) in [6.07, 6.45) is 0.736. The third-order valence-electron chi connectivity index (χ3n) is 5.43. The van der Waals surface area contributed by atoms with Crippen molar-refractivity contribution in [2.75, 3.05) is 13.2 Å². The third kappa shape index (κ3) is 4.30. The van der Waals surface area contributed by atoms with E-state index in [-0.39, 0.29) is 11.7 Å². The number of rotatable bonds is 6. The second kappa shape index (κ2) is 8.78. The van der Waals surface area contributed by atoms with Crippen molar-refractivity contribution in [2.24, 2.45) is 4.99 Å². The van der Waals surface area contributed by atoms with Crippen LogP contribution in [0.1, 0.15) is 22.8 Å². The van der Waals surface area contributed by atoms with Crippen molar-refractivity contribution in [3.63, 3.8) is 0 Å². The van der Waals surface area contributed by atoms with Gasteiger partial charge in [-0.15, -0.1) is 0 Å². The summed E-state index contributed by atoms with van der Waals surface area (Å²) in [6, 6.07) is 19.1. The molecule has 6 nitrogen and oxygen atoms in total. The summed E-state index contributed by atoms with van der Waals surface area (Å²) in [7, 11) is 0. The van der Waals surface area contributed by atoms with E-state index in [9.17, 15) is 9.18 Å². The molecule has 33 heavy (non-hydrogen) atoms. The molecule has 7 heteroatoms. The molecule has 0 spiro atoms. The Hall–Kier alpha value is -4.13. The van der Waals surface area contributed by atoms with Crippen LogP contribution in [0.2, 0.25) is 0 Å². The maximum absolute atomic E-state index is 13.3. The number of nitrogens with one attached hydrogen (secondary N) is 1. The highest BCUT2D eigenvalue weighted by atomic mass is 19.1. The van der Waals surface area contributed by atoms with Crippen LogP contribution in [0, 0.1) is 5.82 Å². The summed E-state index contributed by atoms with van der Waals surface area (Å²) >= 11 is 0. The molecule has 0 bridgehead atoms. The van der Waals surface area contributed by atoms with Crippen LogP contribution in [0.4, 0.5) is 10.1 Å². The highest BCUT2D eigenvalue weighted by molar-refractivity contribution is 6.02. The minimum atomic E-state index is -0.335. The molecule has 1 N–H and O–H groups in total. The van der Waals surface area contributed by atoms with Crippen LogP contribution in [0.3, 0.4) is 0 Å². The second-order valence-corrected chi connectivity index (χ2v) is 7.69. The summed E-state index contributed by atoms with van der Waals surface area (Å²) in [4.78, 5) is 26.5. The van der Waals surface area contributed by atoms with Crippen molar-refractivity contribution in [1.29, 1.82) is 0 Å². The fourth-order valence-electron chi connectivity index (χ4n) is 3.80. The Balaban J connectivity index is 1.40. The first-order valence-corrected chi connectivity index (χ1v) is 10.7. The van der Waals surface area contributed by atoms with E-state index in [4.69, 9.17) is 4.74 Å². The van der Waals surface area contributed by atoms with E-state index in [1.807, 2.05) is 31.2 Å². The molecule has 0 saturated heterocycles. The number of aliphatic imine (C=N–C) groups is 1. The molecule has 4 aromatic rings. The number of fused-ring (bicyclic) bond motifs is 2. The monoisotopic (exact) mass is 440 g/mol. The average molecular weight is 440 g/mol. The van der Waals surface area contributed by atoms with Gasteiger partial charge in [-0.1, -0.05) is 18.2 Å². The molecule has 0 atom stereocenters. The van der Waals surface area contributed by atoms with Gasteiger partial charge in [0.25, 0.3) is 5.91 Å². The van der Waals surface area contributed by atoms with E-state index in [2.05, 4.69) is 20.3 Å². The third-order valence-corrected chi connectivity index (χ3v) is 5.43. The van der Waals surface area contributed by atoms with Gasteiger partial charge in [0.05, 0.1) is 29.7 Å². The van der Waals surface area contributed by atoms with Crippen molar-refractivity contribution < 1.29 is 13.9 Å². The summed E-state index contributed by atoms with van der Waals surface area (Å²) in [5.41, 5.74) is 4.76. The van der Waals surface area contributed by atoms with Gasteiger partial charge in [-0.25, -0.2) is 9.37 Å². The fraction of sp³-hybridized carbons (Fsp3) is 0.154. The van der Waals surface area contributed by atoms with E-state index >= 15 is 0 Å². The first-order valence-electron chi connectivity index (χ1n) is 10.7. The molecule has 0 unspecified atom stereocenters. The van der Waals surface area contributed by atoms with Crippen LogP contribution in [0.5, 0.6) is 5.88 Å². The number of ether oxygens (including phenoxy) is 1. The summed E-state index contributed by atoms with van der Waals surface area (Å²) in [5.74, 6) is 0.280. The van der Waals surface area contributed by atoms with Crippen molar-refractivity contribution >= 4 is 28.2 Å². The number of carbonyl (C=O) groups excluding carboxylic acids is 1. The Morgan fingerprint density at radius 3 is 2.67 bits per heavy atom. The van der Waals surface area contributed by atoms with Gasteiger partial charge < -0.3 is 10.1 Å². The zero-order chi connectivity index (χ0) is 22.8. The van der Waals surface area contributed by atoms with Crippen LogP contribution in [0.25, 0.3) is 22.3 Å². The molecule has 5 rings (SSSR count). The van der Waals surface area contributed by atoms with Gasteiger partial charge in [0.2, 0.25) is 5.88 Å². The molecule has 2 heterocycles. The summed E-state index contributed by atoms with van der Waals surface area (Å²) in [5, 5.41) is 3.65. The van der Waals surface area contributed by atoms with Gasteiger partial charge in [0.1, 0.15) is 5.82 Å². The van der Waals surface area contributed by atoms with Crippen LogP contribution in [-0.2, 0) is 6.42 Å². The maximum Gasteiger partial charge on any atom is 0.251 e. The fourth-order valence-corrected chi connectivity index (χ4v) is 3.80. The van der Waals surface area contributed by atoms with Gasteiger partial charge in [-0.3, -0.25) is 9.79 Å². The topological polar surface area (TPSA) is 76.5 Å². The molecule has 164 valence electrons. The van der Waals surface area contributed by atoms with Crippen molar-refractivity contribution in [3.05, 3.63) is 83.7 Å². The van der Waals surface area contributed by atoms with Crippen LogP contribution >= 0.6 is 0 Å². The molecule has 0 saturated carbocycles. The van der Waals surface area contributed by atoms with Crippen molar-refractivity contribution in [3.8, 4) is 17.3 Å². The SMILES string of the molecule is CCOc1nc(-c2ccc(F)cc2)nc2cc(C(=O)NCC3=Nc4ccccc4C3)ccc12. The maximum atomic E-state index is 13.3. The van der Waals surface area contributed by atoms with Gasteiger partial charge >= 0.3 is 0 Å². The van der Waals surface area contributed by atoms with Gasteiger partial charge in [0.15, 0.2) is 5.82 Å². The van der Waals surface area contributed by atoms with Crippen molar-refractivity contribution in [1.82, 2.24) is 15.3 Å². The average Bonchev–Trinajstić information content (AvgIpc) is 3.26. The minimum absolute atomic E-state index is 0.213. The van der Waals surface area contributed by atoms with E-state index in [0.29, 0.717) is 46.9 Å². The molecule has 0 radical (unpaired) electrons. The zero-order valence-electron chi connectivity index (χ0n) is 18.0. The first kappa shape index (κ1) is 20.8. The highest BCUT2D eigenvalue weighted by Gasteiger charge is 2.16. The number of nitrogens with zero attached hydrogens (tertiary/aromatic N) is 3. The van der Waals surface area contributed by atoms with E-state index in [1.54, 1.807) is 30.3 Å². The largest absolute Gasteiger partial charge is 0.477 e. The lowest BCUT2D eigenvalue weighted by Crippen LogP contribution is -2.29.